The lowest BCUT2D eigenvalue weighted by molar-refractivity contribution is -0.154. The quantitative estimate of drug-likeness (QED) is 0.0692. The first-order valence-electron chi connectivity index (χ1n) is 24.8. The van der Waals surface area contributed by atoms with Crippen LogP contribution in [0.3, 0.4) is 0 Å². The van der Waals surface area contributed by atoms with E-state index in [4.69, 9.17) is 42.6 Å². The number of esters is 2. The number of carbonyl (C=O) groups is 2. The Kier molecular flexibility index (Phi) is 16.1. The van der Waals surface area contributed by atoms with E-state index in [0.717, 1.165) is 33.4 Å². The molecule has 2 aliphatic heterocycles. The normalized spacial score (nSPS) is 18.0. The second-order valence-electron chi connectivity index (χ2n) is 18.1. The number of benzene rings is 8. The third-order valence-corrected chi connectivity index (χ3v) is 12.7. The van der Waals surface area contributed by atoms with Gasteiger partial charge in [-0.05, 0) is 45.5 Å². The van der Waals surface area contributed by atoms with Crippen LogP contribution in [-0.2, 0) is 53.9 Å². The molecule has 0 saturated carbocycles. The molecule has 14 nitrogen and oxygen atoms in total. The minimum absolute atomic E-state index is 0.00134. The minimum Gasteiger partial charge on any atom is -0.485 e. The smallest absolute Gasteiger partial charge is 0.341 e. The molecule has 1 fully saturated rings. The van der Waals surface area contributed by atoms with Crippen molar-refractivity contribution in [2.75, 3.05) is 6.61 Å². The number of cyclic esters (lactones) is 1. The Balaban J connectivity index is 1.29. The van der Waals surface area contributed by atoms with Crippen LogP contribution >= 0.6 is 0 Å². The summed E-state index contributed by atoms with van der Waals surface area (Å²) in [4.78, 5) is 30.8. The first-order valence-corrected chi connectivity index (χ1v) is 24.8. The monoisotopic (exact) mass is 1020 g/mol. The van der Waals surface area contributed by atoms with Gasteiger partial charge in [0.1, 0.15) is 70.7 Å². The third-order valence-electron chi connectivity index (χ3n) is 12.7. The molecule has 5 atom stereocenters. The van der Waals surface area contributed by atoms with Crippen molar-refractivity contribution in [1.82, 2.24) is 0 Å². The van der Waals surface area contributed by atoms with Gasteiger partial charge in [-0.15, -0.1) is 0 Å². The van der Waals surface area contributed by atoms with Crippen molar-refractivity contribution in [3.63, 3.8) is 0 Å². The van der Waals surface area contributed by atoms with E-state index in [9.17, 15) is 15.3 Å². The van der Waals surface area contributed by atoms with Gasteiger partial charge in [-0.1, -0.05) is 182 Å². The van der Waals surface area contributed by atoms with Crippen LogP contribution in [0, 0.1) is 0 Å². The Morgan fingerprint density at radius 1 is 0.395 bits per heavy atom. The maximum atomic E-state index is 15.5. The van der Waals surface area contributed by atoms with Gasteiger partial charge in [-0.2, -0.15) is 0 Å². The summed E-state index contributed by atoms with van der Waals surface area (Å²) < 4.78 is 58.7. The summed E-state index contributed by atoms with van der Waals surface area (Å²) >= 11 is 0. The zero-order valence-corrected chi connectivity index (χ0v) is 41.1. The fourth-order valence-corrected chi connectivity index (χ4v) is 8.79. The first-order chi connectivity index (χ1) is 37.3. The summed E-state index contributed by atoms with van der Waals surface area (Å²) in [5, 5.41) is 34.0. The first kappa shape index (κ1) is 50.9. The van der Waals surface area contributed by atoms with Gasteiger partial charge < -0.3 is 58.0 Å². The molecular formula is C62H54O14. The number of fused-ring (bicyclic) bond motifs is 5. The Hall–Kier alpha value is -8.66. The number of aliphatic hydroxyl groups excluding tert-OH is 3. The van der Waals surface area contributed by atoms with Crippen LogP contribution in [0.5, 0.6) is 34.5 Å². The zero-order valence-electron chi connectivity index (χ0n) is 41.1. The van der Waals surface area contributed by atoms with E-state index >= 15 is 9.59 Å². The van der Waals surface area contributed by atoms with Gasteiger partial charge >= 0.3 is 11.9 Å². The largest absolute Gasteiger partial charge is 0.485 e. The lowest BCUT2D eigenvalue weighted by Gasteiger charge is -2.27. The van der Waals surface area contributed by atoms with Crippen molar-refractivity contribution < 1.29 is 67.5 Å². The fraction of sp³-hybridized carbons (Fsp3) is 0.194. The number of hydrogen-bond acceptors (Lipinski definition) is 14. The molecule has 2 bridgehead atoms. The Labute approximate surface area is 439 Å². The predicted molar refractivity (Wildman–Crippen MR) is 279 cm³/mol. The lowest BCUT2D eigenvalue weighted by Crippen LogP contribution is -2.41. The van der Waals surface area contributed by atoms with Crippen LogP contribution in [-0.4, -0.2) is 64.6 Å². The molecule has 76 heavy (non-hydrogen) atoms. The zero-order chi connectivity index (χ0) is 52.2. The number of hydrogen-bond donors (Lipinski definition) is 3. The van der Waals surface area contributed by atoms with Crippen LogP contribution in [0.1, 0.15) is 54.1 Å². The Bertz CT molecular complexity index is 3200. The van der Waals surface area contributed by atoms with Crippen molar-refractivity contribution in [1.29, 1.82) is 0 Å². The summed E-state index contributed by atoms with van der Waals surface area (Å²) in [7, 11) is 0. The van der Waals surface area contributed by atoms with Gasteiger partial charge in [-0.3, -0.25) is 0 Å². The minimum atomic E-state index is -1.83. The van der Waals surface area contributed by atoms with Gasteiger partial charge in [-0.25, -0.2) is 9.59 Å². The van der Waals surface area contributed by atoms with Crippen molar-refractivity contribution in [2.45, 2.75) is 70.3 Å². The average Bonchev–Trinajstić information content (AvgIpc) is 3.83. The molecule has 0 aliphatic carbocycles. The van der Waals surface area contributed by atoms with Crippen LogP contribution in [0.2, 0.25) is 0 Å². The maximum absolute atomic E-state index is 15.5. The molecule has 2 aliphatic rings. The molecule has 1 saturated heterocycles. The number of rotatable bonds is 18. The molecular weight excluding hydrogens is 969 g/mol. The maximum Gasteiger partial charge on any atom is 0.341 e. The molecule has 3 N–H and O–H groups in total. The summed E-state index contributed by atoms with van der Waals surface area (Å²) in [6.45, 7) is -0.947. The van der Waals surface area contributed by atoms with Crippen LogP contribution in [0.25, 0.3) is 11.1 Å². The van der Waals surface area contributed by atoms with Crippen molar-refractivity contribution in [3.8, 4) is 45.6 Å². The summed E-state index contributed by atoms with van der Waals surface area (Å²) in [6.07, 6.45) is -8.66. The van der Waals surface area contributed by atoms with Crippen LogP contribution in [0.15, 0.2) is 194 Å². The van der Waals surface area contributed by atoms with Gasteiger partial charge in [0, 0.05) is 11.1 Å². The molecule has 8 aromatic rings. The van der Waals surface area contributed by atoms with Crippen molar-refractivity contribution >= 4 is 11.9 Å². The van der Waals surface area contributed by atoms with E-state index in [2.05, 4.69) is 0 Å². The number of aliphatic hydroxyl groups is 3. The van der Waals surface area contributed by atoms with Crippen molar-refractivity contribution in [2.24, 2.45) is 0 Å². The SMILES string of the molecule is O=C1OC[C@@H](O)[C@H]2O[C@@H](OC(=O)c3cc(OCc4ccccc4)c(OCc4ccccc4)c(OCc4ccccc4)c3-c3c1cc(OCc1ccccc1)c(OCc1ccccc1)c3OCc1ccccc1)[C@H](O)[C@H]2O. The number of carbonyl (C=O) groups excluding carboxylic acids is 2. The second-order valence-corrected chi connectivity index (χ2v) is 18.1. The topological polar surface area (TPSA) is 178 Å². The molecule has 8 aromatic carbocycles. The standard InChI is InChI=1S/C62H54O14/c63-48-39-74-60(66)46-31-49(68-33-40-19-7-1-8-20-40)56(70-35-42-23-11-3-12-24-42)58(72-37-44-27-15-5-16-28-44)51(46)52-47(61(67)76-62-54(65)53(64)55(48)75-62)32-50(69-34-41-21-9-2-10-22-41)57(71-36-43-25-13-4-14-26-43)59(52)73-38-45-29-17-6-18-30-45/h1-32,48,53-55,62-65H,33-39H2/t48-,53-,54-,55-,62+/m1/s1. The lowest BCUT2D eigenvalue weighted by atomic mass is 9.91. The van der Waals surface area contributed by atoms with E-state index in [-0.39, 0.29) is 96.4 Å². The van der Waals surface area contributed by atoms with Crippen LogP contribution in [0.4, 0.5) is 0 Å². The summed E-state index contributed by atoms with van der Waals surface area (Å²) in [5.41, 5.74) is 3.91. The second kappa shape index (κ2) is 24.1. The molecule has 0 amide bonds. The van der Waals surface area contributed by atoms with Gasteiger partial charge in [0.15, 0.2) is 23.0 Å². The summed E-state index contributed by atoms with van der Waals surface area (Å²) in [5.74, 6) is -2.15. The van der Waals surface area contributed by atoms with Gasteiger partial charge in [0.25, 0.3) is 0 Å². The van der Waals surface area contributed by atoms with E-state index < -0.39 is 49.3 Å². The van der Waals surface area contributed by atoms with Gasteiger partial charge in [0.05, 0.1) is 11.1 Å². The fourth-order valence-electron chi connectivity index (χ4n) is 8.79. The highest BCUT2D eigenvalue weighted by molar-refractivity contribution is 6.08. The Morgan fingerprint density at radius 2 is 0.711 bits per heavy atom. The molecule has 0 aromatic heterocycles. The predicted octanol–water partition coefficient (Wildman–Crippen LogP) is 9.96. The third kappa shape index (κ3) is 12.0. The number of ether oxygens (including phenoxy) is 9. The van der Waals surface area contributed by atoms with Crippen molar-refractivity contribution in [3.05, 3.63) is 239 Å². The molecule has 386 valence electrons. The van der Waals surface area contributed by atoms with E-state index in [1.165, 1.54) is 12.1 Å². The average molecular weight is 1020 g/mol. The van der Waals surface area contributed by atoms with Crippen LogP contribution < -0.4 is 28.4 Å². The van der Waals surface area contributed by atoms with E-state index in [0.29, 0.717) is 0 Å². The highest BCUT2D eigenvalue weighted by Gasteiger charge is 2.49. The molecule has 0 radical (unpaired) electrons. The molecule has 14 heteroatoms. The molecule has 10 rings (SSSR count). The van der Waals surface area contributed by atoms with E-state index in [1.54, 1.807) is 0 Å². The van der Waals surface area contributed by atoms with E-state index in [1.807, 2.05) is 182 Å². The Morgan fingerprint density at radius 3 is 1.07 bits per heavy atom. The highest BCUT2D eigenvalue weighted by Crippen LogP contribution is 2.56. The molecule has 0 spiro atoms. The summed E-state index contributed by atoms with van der Waals surface area (Å²) in [6, 6.07) is 59.1. The molecule has 2 heterocycles. The highest BCUT2D eigenvalue weighted by atomic mass is 16.7. The van der Waals surface area contributed by atoms with Gasteiger partial charge in [0.2, 0.25) is 17.8 Å². The molecule has 0 unspecified atom stereocenters.